The van der Waals surface area contributed by atoms with Gasteiger partial charge in [0, 0.05) is 18.5 Å². The highest BCUT2D eigenvalue weighted by Gasteiger charge is 2.09. The largest absolute Gasteiger partial charge is 0.448 e. The lowest BCUT2D eigenvalue weighted by atomic mass is 10.2. The third kappa shape index (κ3) is 3.07. The second kappa shape index (κ2) is 5.01. The van der Waals surface area contributed by atoms with Gasteiger partial charge in [-0.3, -0.25) is 4.79 Å². The first kappa shape index (κ1) is 11.7. The number of aryl methyl sites for hydroxylation is 1. The molecule has 0 fully saturated rings. The summed E-state index contributed by atoms with van der Waals surface area (Å²) in [4.78, 5) is 15.6. The van der Waals surface area contributed by atoms with Gasteiger partial charge >= 0.3 is 0 Å². The smallest absolute Gasteiger partial charge is 0.273 e. The number of halogens is 1. The first-order valence-electron chi connectivity index (χ1n) is 5.10. The van der Waals surface area contributed by atoms with Gasteiger partial charge in [-0.1, -0.05) is 23.7 Å². The highest BCUT2D eigenvalue weighted by Crippen LogP contribution is 2.09. The molecule has 0 aliphatic carbocycles. The second-order valence-corrected chi connectivity index (χ2v) is 4.00. The number of hydrogen-bond donors (Lipinski definition) is 1. The third-order valence-electron chi connectivity index (χ3n) is 2.22. The van der Waals surface area contributed by atoms with E-state index in [0.717, 1.165) is 5.56 Å². The SMILES string of the molecule is Cc1nc(C(=O)NCc2ccc(Cl)cc2)co1. The fourth-order valence-corrected chi connectivity index (χ4v) is 1.47. The van der Waals surface area contributed by atoms with E-state index >= 15 is 0 Å². The topological polar surface area (TPSA) is 55.1 Å². The van der Waals surface area contributed by atoms with Crippen molar-refractivity contribution < 1.29 is 9.21 Å². The zero-order valence-corrected chi connectivity index (χ0v) is 9.99. The molecule has 1 aromatic carbocycles. The van der Waals surface area contributed by atoms with Crippen LogP contribution >= 0.6 is 11.6 Å². The molecule has 5 heteroatoms. The third-order valence-corrected chi connectivity index (χ3v) is 2.47. The van der Waals surface area contributed by atoms with E-state index in [4.69, 9.17) is 16.0 Å². The van der Waals surface area contributed by atoms with Gasteiger partial charge < -0.3 is 9.73 Å². The zero-order valence-electron chi connectivity index (χ0n) is 9.24. The van der Waals surface area contributed by atoms with Gasteiger partial charge in [0.25, 0.3) is 5.91 Å². The standard InChI is InChI=1S/C12H11ClN2O2/c1-8-15-11(7-17-8)12(16)14-6-9-2-4-10(13)5-3-9/h2-5,7H,6H2,1H3,(H,14,16). The van der Waals surface area contributed by atoms with Crippen LogP contribution in [0.2, 0.25) is 5.02 Å². The molecule has 1 aromatic heterocycles. The lowest BCUT2D eigenvalue weighted by molar-refractivity contribution is 0.0946. The lowest BCUT2D eigenvalue weighted by Gasteiger charge is -2.02. The van der Waals surface area contributed by atoms with E-state index in [1.54, 1.807) is 19.1 Å². The second-order valence-electron chi connectivity index (χ2n) is 3.56. The Hall–Kier alpha value is -1.81. The van der Waals surface area contributed by atoms with E-state index in [1.807, 2.05) is 12.1 Å². The van der Waals surface area contributed by atoms with Crippen molar-refractivity contribution in [1.82, 2.24) is 10.3 Å². The number of nitrogens with one attached hydrogen (secondary N) is 1. The predicted molar refractivity (Wildman–Crippen MR) is 63.9 cm³/mol. The number of amides is 1. The Kier molecular flexibility index (Phi) is 3.44. The molecule has 0 atom stereocenters. The molecule has 0 aliphatic heterocycles. The summed E-state index contributed by atoms with van der Waals surface area (Å²) in [6, 6.07) is 7.28. The van der Waals surface area contributed by atoms with Crippen molar-refractivity contribution in [3.8, 4) is 0 Å². The van der Waals surface area contributed by atoms with E-state index < -0.39 is 0 Å². The number of carbonyl (C=O) groups excluding carboxylic acids is 1. The summed E-state index contributed by atoms with van der Waals surface area (Å²) < 4.78 is 4.96. The van der Waals surface area contributed by atoms with Crippen LogP contribution in [0.4, 0.5) is 0 Å². The van der Waals surface area contributed by atoms with Crippen molar-refractivity contribution in [2.45, 2.75) is 13.5 Å². The minimum atomic E-state index is -0.253. The summed E-state index contributed by atoms with van der Waals surface area (Å²) in [6.07, 6.45) is 1.34. The molecule has 0 bridgehead atoms. The highest BCUT2D eigenvalue weighted by atomic mass is 35.5. The highest BCUT2D eigenvalue weighted by molar-refractivity contribution is 6.30. The maximum atomic E-state index is 11.6. The van der Waals surface area contributed by atoms with Crippen LogP contribution in [0.3, 0.4) is 0 Å². The molecule has 88 valence electrons. The minimum Gasteiger partial charge on any atom is -0.448 e. The van der Waals surface area contributed by atoms with Gasteiger partial charge in [-0.15, -0.1) is 0 Å². The Morgan fingerprint density at radius 2 is 2.12 bits per heavy atom. The van der Waals surface area contributed by atoms with E-state index in [0.29, 0.717) is 17.5 Å². The fraction of sp³-hybridized carbons (Fsp3) is 0.167. The number of carbonyl (C=O) groups is 1. The van der Waals surface area contributed by atoms with E-state index in [9.17, 15) is 4.79 Å². The van der Waals surface area contributed by atoms with Crippen LogP contribution in [-0.4, -0.2) is 10.9 Å². The first-order chi connectivity index (χ1) is 8.15. The molecule has 2 aromatic rings. The van der Waals surface area contributed by atoms with Gasteiger partial charge in [-0.25, -0.2) is 4.98 Å². The molecule has 0 spiro atoms. The molecule has 0 saturated heterocycles. The zero-order chi connectivity index (χ0) is 12.3. The molecular formula is C12H11ClN2O2. The summed E-state index contributed by atoms with van der Waals surface area (Å²) in [7, 11) is 0. The average molecular weight is 251 g/mol. The van der Waals surface area contributed by atoms with Crippen LogP contribution in [0.5, 0.6) is 0 Å². The Balaban J connectivity index is 1.94. The van der Waals surface area contributed by atoms with Crippen molar-refractivity contribution in [1.29, 1.82) is 0 Å². The van der Waals surface area contributed by atoms with Crippen LogP contribution in [0.25, 0.3) is 0 Å². The number of rotatable bonds is 3. The fourth-order valence-electron chi connectivity index (χ4n) is 1.34. The summed E-state index contributed by atoms with van der Waals surface area (Å²) in [5.74, 6) is 0.221. The van der Waals surface area contributed by atoms with Crippen LogP contribution in [0.1, 0.15) is 21.9 Å². The monoisotopic (exact) mass is 250 g/mol. The van der Waals surface area contributed by atoms with Gasteiger partial charge in [0.2, 0.25) is 0 Å². The average Bonchev–Trinajstić information content (AvgIpc) is 2.75. The normalized spacial score (nSPS) is 10.2. The molecule has 0 aliphatic rings. The van der Waals surface area contributed by atoms with Crippen molar-refractivity contribution in [2.75, 3.05) is 0 Å². The van der Waals surface area contributed by atoms with Crippen molar-refractivity contribution in [3.63, 3.8) is 0 Å². The number of aromatic nitrogens is 1. The molecule has 1 N–H and O–H groups in total. The Morgan fingerprint density at radius 1 is 1.41 bits per heavy atom. The molecule has 1 heterocycles. The Labute approximate surface area is 104 Å². The summed E-state index contributed by atoms with van der Waals surface area (Å²) in [6.45, 7) is 2.12. The quantitative estimate of drug-likeness (QED) is 0.911. The molecule has 0 saturated carbocycles. The maximum Gasteiger partial charge on any atom is 0.273 e. The van der Waals surface area contributed by atoms with Crippen LogP contribution < -0.4 is 5.32 Å². The molecule has 17 heavy (non-hydrogen) atoms. The summed E-state index contributed by atoms with van der Waals surface area (Å²) >= 11 is 5.76. The number of oxazole rings is 1. The van der Waals surface area contributed by atoms with E-state index in [2.05, 4.69) is 10.3 Å². The van der Waals surface area contributed by atoms with Gasteiger partial charge in [0.05, 0.1) is 0 Å². The molecule has 0 unspecified atom stereocenters. The van der Waals surface area contributed by atoms with Crippen molar-refractivity contribution in [3.05, 3.63) is 52.7 Å². The summed E-state index contributed by atoms with van der Waals surface area (Å²) in [5, 5.41) is 3.42. The minimum absolute atomic E-state index is 0.253. The Morgan fingerprint density at radius 3 is 2.71 bits per heavy atom. The van der Waals surface area contributed by atoms with E-state index in [1.165, 1.54) is 6.26 Å². The van der Waals surface area contributed by atoms with E-state index in [-0.39, 0.29) is 11.6 Å². The summed E-state index contributed by atoms with van der Waals surface area (Å²) in [5.41, 5.74) is 1.26. The predicted octanol–water partition coefficient (Wildman–Crippen LogP) is 2.57. The molecule has 0 radical (unpaired) electrons. The van der Waals surface area contributed by atoms with Crippen LogP contribution in [0, 0.1) is 6.92 Å². The van der Waals surface area contributed by atoms with Gasteiger partial charge in [0.1, 0.15) is 6.26 Å². The molecule has 2 rings (SSSR count). The van der Waals surface area contributed by atoms with Crippen LogP contribution in [-0.2, 0) is 6.54 Å². The number of benzene rings is 1. The lowest BCUT2D eigenvalue weighted by Crippen LogP contribution is -2.23. The van der Waals surface area contributed by atoms with Gasteiger partial charge in [-0.2, -0.15) is 0 Å². The number of nitrogens with zero attached hydrogens (tertiary/aromatic N) is 1. The molecule has 4 nitrogen and oxygen atoms in total. The van der Waals surface area contributed by atoms with Crippen LogP contribution in [0.15, 0.2) is 34.9 Å². The van der Waals surface area contributed by atoms with Crippen molar-refractivity contribution >= 4 is 17.5 Å². The number of hydrogen-bond acceptors (Lipinski definition) is 3. The van der Waals surface area contributed by atoms with Gasteiger partial charge in [0.15, 0.2) is 11.6 Å². The first-order valence-corrected chi connectivity index (χ1v) is 5.48. The van der Waals surface area contributed by atoms with Gasteiger partial charge in [-0.05, 0) is 17.7 Å². The molecule has 1 amide bonds. The van der Waals surface area contributed by atoms with Crippen molar-refractivity contribution in [2.24, 2.45) is 0 Å². The Bertz CT molecular complexity index is 520. The molecular weight excluding hydrogens is 240 g/mol. The maximum absolute atomic E-state index is 11.6.